The van der Waals surface area contributed by atoms with Gasteiger partial charge < -0.3 is 8.85 Å². The van der Waals surface area contributed by atoms with Gasteiger partial charge in [0.15, 0.2) is 27.8 Å². The van der Waals surface area contributed by atoms with Gasteiger partial charge in [0.25, 0.3) is 0 Å². The summed E-state index contributed by atoms with van der Waals surface area (Å²) in [7, 11) is -5.54. The summed E-state index contributed by atoms with van der Waals surface area (Å²) in [6.45, 7) is 10.3. The van der Waals surface area contributed by atoms with Gasteiger partial charge in [-0.05, 0) is 50.4 Å². The lowest BCUT2D eigenvalue weighted by atomic mass is 9.53. The fraction of sp³-hybridized carbons (Fsp3) is 0.455. The Labute approximate surface area is 177 Å². The maximum atomic E-state index is 15.7. The minimum atomic E-state index is -4.48. The van der Waals surface area contributed by atoms with Crippen LogP contribution in [0.4, 0.5) is 17.6 Å². The van der Waals surface area contributed by atoms with E-state index in [2.05, 4.69) is 0 Å². The maximum Gasteiger partial charge on any atom is 0.348 e. The Morgan fingerprint density at radius 3 is 1.03 bits per heavy atom. The summed E-state index contributed by atoms with van der Waals surface area (Å²) in [5.41, 5.74) is -5.33. The Balaban J connectivity index is 2.47. The van der Waals surface area contributed by atoms with E-state index in [0.29, 0.717) is 0 Å². The molecule has 2 aromatic carbocycles. The van der Waals surface area contributed by atoms with Crippen LogP contribution in [0.3, 0.4) is 0 Å². The molecular formula is C22H28F4O2Si2. The van der Waals surface area contributed by atoms with Gasteiger partial charge in [-0.2, -0.15) is 17.6 Å². The molecule has 0 bridgehead atoms. The van der Waals surface area contributed by atoms with Crippen molar-refractivity contribution in [2.24, 2.45) is 0 Å². The van der Waals surface area contributed by atoms with Crippen LogP contribution < -0.4 is 0 Å². The molecule has 0 N–H and O–H groups in total. The molecular weight excluding hydrogens is 428 g/mol. The zero-order chi connectivity index (χ0) is 22.6. The fourth-order valence-corrected chi connectivity index (χ4v) is 6.86. The molecule has 1 aliphatic rings. The molecule has 0 radical (unpaired) electrons. The normalized spacial score (nSPS) is 28.1. The van der Waals surface area contributed by atoms with E-state index in [0.717, 1.165) is 0 Å². The highest BCUT2D eigenvalue weighted by atomic mass is 28.4. The van der Waals surface area contributed by atoms with E-state index in [1.54, 1.807) is 75.7 Å². The van der Waals surface area contributed by atoms with Gasteiger partial charge in [-0.15, -0.1) is 0 Å². The SMILES string of the molecule is C[Si](C)(C)O[C@]1(c2ccccc2)C(F)(F)C(F)(F)[C@@]1(O[Si](C)(C)C)c1ccccc1. The zero-order valence-electron chi connectivity index (χ0n) is 18.1. The van der Waals surface area contributed by atoms with E-state index in [-0.39, 0.29) is 11.1 Å². The lowest BCUT2D eigenvalue weighted by Gasteiger charge is -2.68. The van der Waals surface area contributed by atoms with Crippen molar-refractivity contribution in [1.82, 2.24) is 0 Å². The molecule has 2 aromatic rings. The third-order valence-corrected chi connectivity index (χ3v) is 6.89. The molecule has 0 aromatic heterocycles. The topological polar surface area (TPSA) is 18.5 Å². The average molecular weight is 457 g/mol. The van der Waals surface area contributed by atoms with Crippen molar-refractivity contribution in [3.8, 4) is 0 Å². The second-order valence-electron chi connectivity index (χ2n) is 9.67. The molecule has 0 aliphatic heterocycles. The molecule has 1 fully saturated rings. The van der Waals surface area contributed by atoms with Crippen molar-refractivity contribution in [3.63, 3.8) is 0 Å². The monoisotopic (exact) mass is 456 g/mol. The van der Waals surface area contributed by atoms with Crippen LogP contribution in [-0.4, -0.2) is 28.5 Å². The Bertz CT molecular complexity index is 819. The molecule has 3 rings (SSSR count). The summed E-state index contributed by atoms with van der Waals surface area (Å²) in [5.74, 6) is -8.95. The quantitative estimate of drug-likeness (QED) is 0.353. The first-order valence-corrected chi connectivity index (χ1v) is 16.7. The molecule has 0 heterocycles. The van der Waals surface area contributed by atoms with Crippen LogP contribution in [0.5, 0.6) is 0 Å². The number of hydrogen-bond acceptors (Lipinski definition) is 2. The number of benzene rings is 2. The zero-order valence-corrected chi connectivity index (χ0v) is 20.1. The molecule has 0 spiro atoms. The Kier molecular flexibility index (Phi) is 5.42. The summed E-state index contributed by atoms with van der Waals surface area (Å²) in [6, 6.07) is 15.2. The lowest BCUT2D eigenvalue weighted by molar-refractivity contribution is -0.478. The smallest absolute Gasteiger partial charge is 0.348 e. The van der Waals surface area contributed by atoms with Gasteiger partial charge in [0, 0.05) is 0 Å². The van der Waals surface area contributed by atoms with Crippen molar-refractivity contribution in [3.05, 3.63) is 71.8 Å². The van der Waals surface area contributed by atoms with Crippen molar-refractivity contribution in [2.75, 3.05) is 0 Å². The molecule has 0 amide bonds. The van der Waals surface area contributed by atoms with Gasteiger partial charge in [-0.3, -0.25) is 0 Å². The summed E-state index contributed by atoms with van der Waals surface area (Å²) in [4.78, 5) is 0. The molecule has 8 heteroatoms. The van der Waals surface area contributed by atoms with Gasteiger partial charge in [-0.25, -0.2) is 0 Å². The number of alkyl halides is 4. The highest BCUT2D eigenvalue weighted by molar-refractivity contribution is 6.70. The molecule has 1 saturated carbocycles. The summed E-state index contributed by atoms with van der Waals surface area (Å²) in [6.07, 6.45) is 0. The first-order valence-electron chi connectivity index (χ1n) is 9.89. The largest absolute Gasteiger partial charge is 0.400 e. The predicted molar refractivity (Wildman–Crippen MR) is 115 cm³/mol. The summed E-state index contributed by atoms with van der Waals surface area (Å²) < 4.78 is 75.0. The van der Waals surface area contributed by atoms with Crippen molar-refractivity contribution in [2.45, 2.75) is 62.3 Å². The predicted octanol–water partition coefficient (Wildman–Crippen LogP) is 6.76. The third kappa shape index (κ3) is 3.11. The number of rotatable bonds is 6. The number of halogens is 4. The Morgan fingerprint density at radius 2 is 0.800 bits per heavy atom. The van der Waals surface area contributed by atoms with Gasteiger partial charge in [0.2, 0.25) is 0 Å². The van der Waals surface area contributed by atoms with E-state index in [9.17, 15) is 0 Å². The van der Waals surface area contributed by atoms with E-state index < -0.39 is 39.7 Å². The molecule has 30 heavy (non-hydrogen) atoms. The molecule has 0 unspecified atom stereocenters. The van der Waals surface area contributed by atoms with Gasteiger partial charge in [0.05, 0.1) is 0 Å². The van der Waals surface area contributed by atoms with Gasteiger partial charge in [0.1, 0.15) is 0 Å². The first-order chi connectivity index (χ1) is 13.6. The van der Waals surface area contributed by atoms with Crippen molar-refractivity contribution in [1.29, 1.82) is 0 Å². The Morgan fingerprint density at radius 1 is 0.533 bits per heavy atom. The van der Waals surface area contributed by atoms with Crippen LogP contribution in [0.1, 0.15) is 11.1 Å². The number of hydrogen-bond donors (Lipinski definition) is 0. The molecule has 164 valence electrons. The molecule has 2 atom stereocenters. The first kappa shape index (κ1) is 23.2. The van der Waals surface area contributed by atoms with Crippen LogP contribution in [0.25, 0.3) is 0 Å². The lowest BCUT2D eigenvalue weighted by Crippen LogP contribution is -2.88. The summed E-state index contributed by atoms with van der Waals surface area (Å²) in [5, 5.41) is 0. The minimum absolute atomic E-state index is 0.00884. The van der Waals surface area contributed by atoms with Crippen LogP contribution in [0.15, 0.2) is 60.7 Å². The van der Waals surface area contributed by atoms with Crippen LogP contribution >= 0.6 is 0 Å². The van der Waals surface area contributed by atoms with E-state index in [4.69, 9.17) is 8.85 Å². The van der Waals surface area contributed by atoms with E-state index in [1.165, 1.54) is 24.3 Å². The standard InChI is InChI=1S/C22H28F4O2Si2/c1-29(2,3)27-19(17-13-9-7-10-14-17)20(28-30(4,5)6,18-15-11-8-12-16-18)22(25,26)21(19,23)24/h7-16H,1-6H3/t19-,20+. The van der Waals surface area contributed by atoms with Crippen LogP contribution in [0.2, 0.25) is 39.3 Å². The average Bonchev–Trinajstić information content (AvgIpc) is 2.63. The van der Waals surface area contributed by atoms with Gasteiger partial charge in [-0.1, -0.05) is 60.7 Å². The molecule has 2 nitrogen and oxygen atoms in total. The summed E-state index contributed by atoms with van der Waals surface area (Å²) >= 11 is 0. The van der Waals surface area contributed by atoms with E-state index >= 15 is 17.6 Å². The second-order valence-corrected chi connectivity index (χ2v) is 18.5. The highest BCUT2D eigenvalue weighted by Crippen LogP contribution is 2.76. The minimum Gasteiger partial charge on any atom is -0.400 e. The second kappa shape index (κ2) is 7.01. The van der Waals surface area contributed by atoms with E-state index in [1.807, 2.05) is 0 Å². The van der Waals surface area contributed by atoms with Crippen LogP contribution in [0, 0.1) is 0 Å². The van der Waals surface area contributed by atoms with Crippen LogP contribution in [-0.2, 0) is 20.1 Å². The highest BCUT2D eigenvalue weighted by Gasteiger charge is 2.97. The van der Waals surface area contributed by atoms with Gasteiger partial charge >= 0.3 is 11.8 Å². The molecule has 0 saturated heterocycles. The fourth-order valence-electron chi connectivity index (χ4n) is 4.24. The molecule has 1 aliphatic carbocycles. The Hall–Kier alpha value is -1.49. The van der Waals surface area contributed by atoms with Crippen molar-refractivity contribution < 1.29 is 26.4 Å². The maximum absolute atomic E-state index is 15.7. The third-order valence-electron chi connectivity index (χ3n) is 5.05. The van der Waals surface area contributed by atoms with Crippen molar-refractivity contribution >= 4 is 16.6 Å².